The van der Waals surface area contributed by atoms with Crippen LogP contribution < -0.4 is 10.6 Å². The molecule has 13 heteroatoms. The summed E-state index contributed by atoms with van der Waals surface area (Å²) in [5.74, 6) is 0. The maximum Gasteiger partial charge on any atom is 0.407 e. The van der Waals surface area contributed by atoms with Gasteiger partial charge < -0.3 is 24.7 Å². The van der Waals surface area contributed by atoms with Gasteiger partial charge in [0, 0.05) is 13.1 Å². The molecule has 0 bridgehead atoms. The second-order valence-electron chi connectivity index (χ2n) is 5.07. The van der Waals surface area contributed by atoms with Crippen molar-refractivity contribution in [1.82, 2.24) is 10.6 Å². The molecule has 0 aromatic rings. The maximum absolute atomic E-state index is 13.0. The van der Waals surface area contributed by atoms with Crippen LogP contribution in [0.2, 0.25) is 0 Å². The van der Waals surface area contributed by atoms with E-state index in [0.717, 1.165) is 6.42 Å². The monoisotopic (exact) mass is 407 g/mol. The summed E-state index contributed by atoms with van der Waals surface area (Å²) in [6.45, 7) is 0.948. The van der Waals surface area contributed by atoms with E-state index < -0.39 is 40.3 Å². The van der Waals surface area contributed by atoms with Gasteiger partial charge in [-0.2, -0.15) is 8.78 Å². The Kier molecular flexibility index (Phi) is 11.0. The molecule has 0 aliphatic rings. The van der Waals surface area contributed by atoms with Crippen molar-refractivity contribution in [2.24, 2.45) is 0 Å². The van der Waals surface area contributed by atoms with Crippen LogP contribution in [-0.4, -0.2) is 62.9 Å². The number of hydrogen-bond acceptors (Lipinski definition) is 7. The normalized spacial score (nSPS) is 13.0. The zero-order valence-corrected chi connectivity index (χ0v) is 15.0. The predicted molar refractivity (Wildman–Crippen MR) is 82.4 cm³/mol. The zero-order chi connectivity index (χ0) is 20.2. The number of carbonyl (C=O) groups is 2. The summed E-state index contributed by atoms with van der Waals surface area (Å²) < 4.78 is 78.0. The molecule has 0 spiro atoms. The average Bonchev–Trinajstić information content (AvgIpc) is 2.54. The number of alkyl carbamates (subject to hydrolysis) is 2. The van der Waals surface area contributed by atoms with E-state index >= 15 is 0 Å². The van der Waals surface area contributed by atoms with Gasteiger partial charge in [0.2, 0.25) is 6.17 Å². The third-order valence-corrected chi connectivity index (χ3v) is 3.90. The van der Waals surface area contributed by atoms with Crippen LogP contribution in [0.15, 0.2) is 0 Å². The first-order chi connectivity index (χ1) is 12.0. The second kappa shape index (κ2) is 11.8. The van der Waals surface area contributed by atoms with Crippen LogP contribution in [0.4, 0.5) is 22.8 Å². The predicted octanol–water partition coefficient (Wildman–Crippen LogP) is 1.50. The molecule has 0 rings (SSSR count). The highest BCUT2D eigenvalue weighted by Crippen LogP contribution is 2.27. The Morgan fingerprint density at radius 1 is 1.04 bits per heavy atom. The molecule has 0 aromatic heterocycles. The molecule has 2 N–H and O–H groups in total. The number of rotatable bonds is 12. The van der Waals surface area contributed by atoms with Crippen molar-refractivity contribution in [2.75, 3.05) is 26.3 Å². The molecule has 0 aliphatic carbocycles. The summed E-state index contributed by atoms with van der Waals surface area (Å²) in [5.41, 5.74) is 0. The van der Waals surface area contributed by atoms with Crippen LogP contribution in [-0.2, 0) is 19.6 Å². The summed E-state index contributed by atoms with van der Waals surface area (Å²) in [6, 6.07) is 0. The van der Waals surface area contributed by atoms with Crippen molar-refractivity contribution < 1.29 is 45.2 Å². The van der Waals surface area contributed by atoms with E-state index in [9.17, 15) is 35.7 Å². The Balaban J connectivity index is 3.74. The average molecular weight is 407 g/mol. The highest BCUT2D eigenvalue weighted by atomic mass is 32.2. The number of alkyl halides is 3. The standard InChI is InChI=1S/C13H23F3N2O7S/c1-2-24-11(19)17-7-5-3-4-6-8-18-12(20)25-9-10(14)13(15,16)26(21,22)23/h10H,2-9H2,1H3,(H,17,19)(H,18,20)(H,21,22,23)/p-1. The van der Waals surface area contributed by atoms with Gasteiger partial charge in [-0.15, -0.1) is 0 Å². The van der Waals surface area contributed by atoms with Gasteiger partial charge in [0.25, 0.3) is 0 Å². The molecule has 0 radical (unpaired) electrons. The summed E-state index contributed by atoms with van der Waals surface area (Å²) in [5, 5.41) is -0.482. The van der Waals surface area contributed by atoms with Gasteiger partial charge in [-0.3, -0.25) is 0 Å². The van der Waals surface area contributed by atoms with Crippen LogP contribution >= 0.6 is 0 Å². The van der Waals surface area contributed by atoms with Gasteiger partial charge in [0.15, 0.2) is 10.1 Å². The SMILES string of the molecule is CCOC(=O)NCCCCCCNC(=O)OCC(F)C(F)(F)S(=O)(=O)[O-]. The van der Waals surface area contributed by atoms with Crippen molar-refractivity contribution in [2.45, 2.75) is 44.0 Å². The molecule has 0 aromatic carbocycles. The van der Waals surface area contributed by atoms with Gasteiger partial charge >= 0.3 is 17.4 Å². The molecule has 0 saturated carbocycles. The fourth-order valence-corrected chi connectivity index (χ4v) is 2.00. The first-order valence-corrected chi connectivity index (χ1v) is 9.21. The van der Waals surface area contributed by atoms with Crippen LogP contribution in [0.25, 0.3) is 0 Å². The molecule has 0 saturated heterocycles. The Morgan fingerprint density at radius 2 is 1.50 bits per heavy atom. The lowest BCUT2D eigenvalue weighted by Gasteiger charge is -2.23. The fourth-order valence-electron chi connectivity index (χ4n) is 1.62. The van der Waals surface area contributed by atoms with E-state index in [-0.39, 0.29) is 13.2 Å². The number of halogens is 3. The molecule has 154 valence electrons. The number of carbonyl (C=O) groups excluding carboxylic acids is 2. The van der Waals surface area contributed by atoms with Crippen molar-refractivity contribution in [3.8, 4) is 0 Å². The van der Waals surface area contributed by atoms with Gasteiger partial charge in [0.05, 0.1) is 6.61 Å². The van der Waals surface area contributed by atoms with Crippen molar-refractivity contribution in [3.63, 3.8) is 0 Å². The Bertz CT molecular complexity index is 546. The molecular weight excluding hydrogens is 385 g/mol. The van der Waals surface area contributed by atoms with Gasteiger partial charge in [0.1, 0.15) is 6.61 Å². The Morgan fingerprint density at radius 3 is 1.92 bits per heavy atom. The summed E-state index contributed by atoms with van der Waals surface area (Å²) >= 11 is 0. The van der Waals surface area contributed by atoms with Crippen LogP contribution in [0.3, 0.4) is 0 Å². The fraction of sp³-hybridized carbons (Fsp3) is 0.846. The van der Waals surface area contributed by atoms with Crippen molar-refractivity contribution >= 4 is 22.3 Å². The van der Waals surface area contributed by atoms with Crippen molar-refractivity contribution in [1.29, 1.82) is 0 Å². The molecule has 0 fully saturated rings. The van der Waals surface area contributed by atoms with Crippen molar-refractivity contribution in [3.05, 3.63) is 0 Å². The lowest BCUT2D eigenvalue weighted by Crippen LogP contribution is -2.42. The van der Waals surface area contributed by atoms with E-state index in [1.807, 2.05) is 0 Å². The highest BCUT2D eigenvalue weighted by molar-refractivity contribution is 7.86. The van der Waals surface area contributed by atoms with Crippen LogP contribution in [0.1, 0.15) is 32.6 Å². The third-order valence-electron chi connectivity index (χ3n) is 2.98. The van der Waals surface area contributed by atoms with E-state index in [2.05, 4.69) is 20.1 Å². The highest BCUT2D eigenvalue weighted by Gasteiger charge is 2.48. The first-order valence-electron chi connectivity index (χ1n) is 7.81. The van der Waals surface area contributed by atoms with Crippen LogP contribution in [0.5, 0.6) is 0 Å². The van der Waals surface area contributed by atoms with E-state index in [4.69, 9.17) is 0 Å². The van der Waals surface area contributed by atoms with E-state index in [1.54, 1.807) is 6.92 Å². The van der Waals surface area contributed by atoms with Gasteiger partial charge in [-0.25, -0.2) is 22.4 Å². The molecule has 1 unspecified atom stereocenters. The number of amides is 2. The minimum absolute atomic E-state index is 0.122. The molecule has 26 heavy (non-hydrogen) atoms. The Labute approximate surface area is 149 Å². The number of ether oxygens (including phenoxy) is 2. The topological polar surface area (TPSA) is 134 Å². The molecule has 0 heterocycles. The van der Waals surface area contributed by atoms with Gasteiger partial charge in [-0.05, 0) is 19.8 Å². The maximum atomic E-state index is 13.0. The molecule has 0 aliphatic heterocycles. The molecule has 1 atom stereocenters. The summed E-state index contributed by atoms with van der Waals surface area (Å²) in [6.07, 6.45) is -2.55. The minimum atomic E-state index is -6.19. The molecule has 9 nitrogen and oxygen atoms in total. The van der Waals surface area contributed by atoms with Gasteiger partial charge in [-0.1, -0.05) is 12.8 Å². The number of unbranched alkanes of at least 4 members (excludes halogenated alkanes) is 3. The lowest BCUT2D eigenvalue weighted by molar-refractivity contribution is -0.0308. The number of nitrogens with one attached hydrogen (secondary N) is 2. The summed E-state index contributed by atoms with van der Waals surface area (Å²) in [4.78, 5) is 22.1. The first kappa shape index (κ1) is 24.2. The van der Waals surface area contributed by atoms with Crippen LogP contribution in [0, 0.1) is 0 Å². The number of hydrogen-bond donors (Lipinski definition) is 2. The zero-order valence-electron chi connectivity index (χ0n) is 14.1. The van der Waals surface area contributed by atoms with E-state index in [0.29, 0.717) is 25.8 Å². The minimum Gasteiger partial charge on any atom is -0.743 e. The van der Waals surface area contributed by atoms with E-state index in [1.165, 1.54) is 0 Å². The third kappa shape index (κ3) is 9.65. The quantitative estimate of drug-likeness (QED) is 0.370. The largest absolute Gasteiger partial charge is 0.743 e. The molecular formula is C13H22F3N2O7S-. The smallest absolute Gasteiger partial charge is 0.407 e. The summed E-state index contributed by atoms with van der Waals surface area (Å²) in [7, 11) is -6.19. The molecule has 2 amide bonds. The lowest BCUT2D eigenvalue weighted by atomic mass is 10.2. The second-order valence-corrected chi connectivity index (χ2v) is 6.52. The Hall–Kier alpha value is -1.76.